The first-order valence-electron chi connectivity index (χ1n) is 6.93. The molecule has 1 fully saturated rings. The van der Waals surface area contributed by atoms with E-state index in [-0.39, 0.29) is 5.92 Å². The van der Waals surface area contributed by atoms with Crippen molar-refractivity contribution in [2.45, 2.75) is 31.7 Å². The molecule has 1 saturated heterocycles. The van der Waals surface area contributed by atoms with E-state index >= 15 is 0 Å². The number of aromatic nitrogens is 2. The third-order valence-electron chi connectivity index (χ3n) is 4.14. The zero-order valence-corrected chi connectivity index (χ0v) is 11.2. The van der Waals surface area contributed by atoms with Crippen LogP contribution in [0.1, 0.15) is 41.4 Å². The number of carbonyl (C=O) groups is 1. The van der Waals surface area contributed by atoms with Gasteiger partial charge in [-0.05, 0) is 39.4 Å². The number of carboxylic acids is 1. The fourth-order valence-electron chi connectivity index (χ4n) is 3.05. The standard InChI is InChI=1S/C13H20N4O2/c1-16-7-3-9(4-8-16)10-11(12(18)19)17-6-2-5-14-13(17)15-10/h9H,2-8H2,1H3,(H,14,15)(H,18,19). The molecule has 1 aromatic rings. The number of carboxylic acid groups (broad SMARTS) is 1. The van der Waals surface area contributed by atoms with E-state index in [1.165, 1.54) is 0 Å². The lowest BCUT2D eigenvalue weighted by Gasteiger charge is -2.28. The van der Waals surface area contributed by atoms with Crippen LogP contribution in [-0.4, -0.2) is 52.2 Å². The van der Waals surface area contributed by atoms with E-state index < -0.39 is 5.97 Å². The van der Waals surface area contributed by atoms with Crippen LogP contribution in [0.25, 0.3) is 0 Å². The lowest BCUT2D eigenvalue weighted by Crippen LogP contribution is -2.30. The summed E-state index contributed by atoms with van der Waals surface area (Å²) in [5.74, 6) is 0.163. The molecule has 3 heterocycles. The van der Waals surface area contributed by atoms with Crippen LogP contribution in [0.2, 0.25) is 0 Å². The van der Waals surface area contributed by atoms with Crippen molar-refractivity contribution in [3.63, 3.8) is 0 Å². The summed E-state index contributed by atoms with van der Waals surface area (Å²) < 4.78 is 1.83. The minimum atomic E-state index is -0.851. The molecule has 0 amide bonds. The van der Waals surface area contributed by atoms with Gasteiger partial charge in [0.15, 0.2) is 5.69 Å². The van der Waals surface area contributed by atoms with Crippen molar-refractivity contribution in [3.8, 4) is 0 Å². The topological polar surface area (TPSA) is 70.4 Å². The Morgan fingerprint density at radius 3 is 2.79 bits per heavy atom. The molecule has 2 aliphatic rings. The minimum absolute atomic E-state index is 0.280. The lowest BCUT2D eigenvalue weighted by atomic mass is 9.92. The second kappa shape index (κ2) is 4.85. The van der Waals surface area contributed by atoms with Crippen molar-refractivity contribution in [1.82, 2.24) is 14.5 Å². The average Bonchev–Trinajstić information content (AvgIpc) is 2.78. The number of anilines is 1. The Morgan fingerprint density at radius 1 is 1.37 bits per heavy atom. The Kier molecular flexibility index (Phi) is 3.18. The van der Waals surface area contributed by atoms with Gasteiger partial charge in [-0.3, -0.25) is 0 Å². The second-order valence-electron chi connectivity index (χ2n) is 5.48. The van der Waals surface area contributed by atoms with Crippen LogP contribution in [0.15, 0.2) is 0 Å². The molecule has 0 spiro atoms. The molecular weight excluding hydrogens is 244 g/mol. The highest BCUT2D eigenvalue weighted by molar-refractivity contribution is 5.88. The zero-order chi connectivity index (χ0) is 13.4. The van der Waals surface area contributed by atoms with E-state index in [0.29, 0.717) is 5.69 Å². The van der Waals surface area contributed by atoms with Gasteiger partial charge in [0.05, 0.1) is 5.69 Å². The van der Waals surface area contributed by atoms with Crippen LogP contribution in [0.3, 0.4) is 0 Å². The number of fused-ring (bicyclic) bond motifs is 1. The van der Waals surface area contributed by atoms with Gasteiger partial charge < -0.3 is 19.9 Å². The number of nitrogens with one attached hydrogen (secondary N) is 1. The van der Waals surface area contributed by atoms with Crippen LogP contribution in [-0.2, 0) is 6.54 Å². The summed E-state index contributed by atoms with van der Waals surface area (Å²) in [5, 5.41) is 12.7. The van der Waals surface area contributed by atoms with E-state index in [4.69, 9.17) is 0 Å². The summed E-state index contributed by atoms with van der Waals surface area (Å²) in [6.45, 7) is 3.66. The first-order valence-corrected chi connectivity index (χ1v) is 6.93. The van der Waals surface area contributed by atoms with Crippen molar-refractivity contribution in [3.05, 3.63) is 11.4 Å². The van der Waals surface area contributed by atoms with Crippen molar-refractivity contribution < 1.29 is 9.90 Å². The predicted octanol–water partition coefficient (Wildman–Crippen LogP) is 1.21. The number of rotatable bonds is 2. The molecule has 0 radical (unpaired) electrons. The molecule has 0 saturated carbocycles. The minimum Gasteiger partial charge on any atom is -0.477 e. The quantitative estimate of drug-likeness (QED) is 0.840. The van der Waals surface area contributed by atoms with Gasteiger partial charge in [0, 0.05) is 19.0 Å². The van der Waals surface area contributed by atoms with Crippen LogP contribution >= 0.6 is 0 Å². The van der Waals surface area contributed by atoms with Crippen LogP contribution in [0.4, 0.5) is 5.95 Å². The van der Waals surface area contributed by atoms with E-state index in [1.54, 1.807) is 0 Å². The number of imidazole rings is 1. The smallest absolute Gasteiger partial charge is 0.354 e. The maximum absolute atomic E-state index is 11.6. The van der Waals surface area contributed by atoms with Gasteiger partial charge in [0.25, 0.3) is 0 Å². The second-order valence-corrected chi connectivity index (χ2v) is 5.48. The highest BCUT2D eigenvalue weighted by Gasteiger charge is 2.30. The van der Waals surface area contributed by atoms with Gasteiger partial charge in [-0.15, -0.1) is 0 Å². The molecule has 0 atom stereocenters. The lowest BCUT2D eigenvalue weighted by molar-refractivity contribution is 0.0682. The normalized spacial score (nSPS) is 20.9. The molecule has 104 valence electrons. The van der Waals surface area contributed by atoms with Crippen molar-refractivity contribution >= 4 is 11.9 Å². The number of hydrogen-bond acceptors (Lipinski definition) is 4. The fraction of sp³-hybridized carbons (Fsp3) is 0.692. The van der Waals surface area contributed by atoms with Crippen LogP contribution in [0.5, 0.6) is 0 Å². The monoisotopic (exact) mass is 264 g/mol. The fourth-order valence-corrected chi connectivity index (χ4v) is 3.05. The summed E-state index contributed by atoms with van der Waals surface area (Å²) in [4.78, 5) is 18.4. The van der Waals surface area contributed by atoms with Crippen molar-refractivity contribution in [2.75, 3.05) is 32.0 Å². The van der Waals surface area contributed by atoms with Crippen molar-refractivity contribution in [2.24, 2.45) is 0 Å². The van der Waals surface area contributed by atoms with Gasteiger partial charge in [-0.25, -0.2) is 9.78 Å². The number of likely N-dealkylation sites (tertiary alicyclic amines) is 1. The van der Waals surface area contributed by atoms with E-state index in [2.05, 4.69) is 22.2 Å². The van der Waals surface area contributed by atoms with Gasteiger partial charge in [0.1, 0.15) is 0 Å². The Bertz CT molecular complexity index is 489. The third kappa shape index (κ3) is 2.20. The Labute approximate surface area is 112 Å². The maximum atomic E-state index is 11.6. The van der Waals surface area contributed by atoms with E-state index in [9.17, 15) is 9.90 Å². The summed E-state index contributed by atoms with van der Waals surface area (Å²) in [7, 11) is 2.11. The number of piperidine rings is 1. The maximum Gasteiger partial charge on any atom is 0.354 e. The summed E-state index contributed by atoms with van der Waals surface area (Å²) in [5.41, 5.74) is 1.18. The predicted molar refractivity (Wildman–Crippen MR) is 71.8 cm³/mol. The van der Waals surface area contributed by atoms with Crippen molar-refractivity contribution in [1.29, 1.82) is 0 Å². The molecule has 2 aliphatic heterocycles. The summed E-state index contributed by atoms with van der Waals surface area (Å²) >= 11 is 0. The van der Waals surface area contributed by atoms with Gasteiger partial charge >= 0.3 is 5.97 Å². The van der Waals surface area contributed by atoms with Gasteiger partial charge in [-0.2, -0.15) is 0 Å². The molecular formula is C13H20N4O2. The van der Waals surface area contributed by atoms with Crippen LogP contribution in [0, 0.1) is 0 Å². The number of aromatic carboxylic acids is 1. The first kappa shape index (κ1) is 12.5. The van der Waals surface area contributed by atoms with Gasteiger partial charge in [-0.1, -0.05) is 0 Å². The van der Waals surface area contributed by atoms with E-state index in [0.717, 1.165) is 57.1 Å². The molecule has 0 aromatic carbocycles. The zero-order valence-electron chi connectivity index (χ0n) is 11.2. The Balaban J connectivity index is 1.96. The SMILES string of the molecule is CN1CCC(c2nc3n(c2C(=O)O)CCCN3)CC1. The molecule has 2 N–H and O–H groups in total. The third-order valence-corrected chi connectivity index (χ3v) is 4.14. The molecule has 0 bridgehead atoms. The highest BCUT2D eigenvalue weighted by Crippen LogP contribution is 2.32. The summed E-state index contributed by atoms with van der Waals surface area (Å²) in [6.07, 6.45) is 2.94. The molecule has 3 rings (SSSR count). The number of hydrogen-bond donors (Lipinski definition) is 2. The Hall–Kier alpha value is -1.56. The van der Waals surface area contributed by atoms with E-state index in [1.807, 2.05) is 4.57 Å². The van der Waals surface area contributed by atoms with Gasteiger partial charge in [0.2, 0.25) is 5.95 Å². The highest BCUT2D eigenvalue weighted by atomic mass is 16.4. The molecule has 1 aromatic heterocycles. The largest absolute Gasteiger partial charge is 0.477 e. The molecule has 6 heteroatoms. The molecule has 19 heavy (non-hydrogen) atoms. The Morgan fingerprint density at radius 2 is 2.11 bits per heavy atom. The first-order chi connectivity index (χ1) is 9.16. The number of nitrogens with zero attached hydrogens (tertiary/aromatic N) is 3. The molecule has 0 unspecified atom stereocenters. The molecule has 0 aliphatic carbocycles. The molecule has 6 nitrogen and oxygen atoms in total. The average molecular weight is 264 g/mol. The van der Waals surface area contributed by atoms with Crippen LogP contribution < -0.4 is 5.32 Å². The summed E-state index contributed by atoms with van der Waals surface area (Å²) in [6, 6.07) is 0.